The van der Waals surface area contributed by atoms with E-state index in [1.807, 2.05) is 0 Å². The Balaban J connectivity index is 2.30. The minimum atomic E-state index is -0.932. The van der Waals surface area contributed by atoms with Gasteiger partial charge in [0.1, 0.15) is 5.82 Å². The highest BCUT2D eigenvalue weighted by atomic mass is 19.1. The second kappa shape index (κ2) is 7.35. The SMILES string of the molecule is COCCCN1C(=O)CC[C@@H](C(=O)O)[C@H]1c1ccc(F)cc1. The molecule has 6 heteroatoms. The van der Waals surface area contributed by atoms with Crippen molar-refractivity contribution >= 4 is 11.9 Å². The van der Waals surface area contributed by atoms with Gasteiger partial charge in [-0.05, 0) is 30.5 Å². The van der Waals surface area contributed by atoms with E-state index in [2.05, 4.69) is 0 Å². The first-order chi connectivity index (χ1) is 10.5. The molecule has 120 valence electrons. The number of hydrogen-bond acceptors (Lipinski definition) is 3. The highest BCUT2D eigenvalue weighted by molar-refractivity contribution is 5.81. The number of ether oxygens (including phenoxy) is 1. The van der Waals surface area contributed by atoms with Crippen LogP contribution in [0.25, 0.3) is 0 Å². The topological polar surface area (TPSA) is 66.8 Å². The molecule has 1 fully saturated rings. The summed E-state index contributed by atoms with van der Waals surface area (Å²) < 4.78 is 18.1. The molecule has 22 heavy (non-hydrogen) atoms. The number of carboxylic acids is 1. The maximum Gasteiger partial charge on any atom is 0.308 e. The van der Waals surface area contributed by atoms with Crippen molar-refractivity contribution in [2.24, 2.45) is 5.92 Å². The molecule has 1 saturated heterocycles. The number of amides is 1. The number of likely N-dealkylation sites (tertiary alicyclic amines) is 1. The normalized spacial score (nSPS) is 21.9. The summed E-state index contributed by atoms with van der Waals surface area (Å²) in [6.07, 6.45) is 1.16. The van der Waals surface area contributed by atoms with E-state index in [9.17, 15) is 19.1 Å². The van der Waals surface area contributed by atoms with E-state index in [1.165, 1.54) is 12.1 Å². The molecular formula is C16H20FNO4. The van der Waals surface area contributed by atoms with Gasteiger partial charge in [-0.2, -0.15) is 0 Å². The van der Waals surface area contributed by atoms with E-state index in [0.717, 1.165) is 0 Å². The molecule has 0 unspecified atom stereocenters. The zero-order chi connectivity index (χ0) is 16.1. The molecule has 1 amide bonds. The molecule has 1 aliphatic rings. The summed E-state index contributed by atoms with van der Waals surface area (Å²) in [7, 11) is 1.58. The van der Waals surface area contributed by atoms with Crippen molar-refractivity contribution in [1.82, 2.24) is 4.90 Å². The van der Waals surface area contributed by atoms with Crippen molar-refractivity contribution in [1.29, 1.82) is 0 Å². The maximum atomic E-state index is 13.1. The summed E-state index contributed by atoms with van der Waals surface area (Å²) in [6.45, 7) is 0.927. The molecule has 5 nitrogen and oxygen atoms in total. The van der Waals surface area contributed by atoms with Crippen molar-refractivity contribution < 1.29 is 23.8 Å². The fraction of sp³-hybridized carbons (Fsp3) is 0.500. The van der Waals surface area contributed by atoms with Gasteiger partial charge >= 0.3 is 5.97 Å². The van der Waals surface area contributed by atoms with Crippen LogP contribution >= 0.6 is 0 Å². The van der Waals surface area contributed by atoms with Crippen LogP contribution in [-0.4, -0.2) is 42.1 Å². The van der Waals surface area contributed by atoms with Crippen LogP contribution in [0.4, 0.5) is 4.39 Å². The van der Waals surface area contributed by atoms with Crippen LogP contribution < -0.4 is 0 Å². The third-order valence-electron chi connectivity index (χ3n) is 3.98. The molecule has 1 aromatic carbocycles. The Bertz CT molecular complexity index is 531. The Morgan fingerprint density at radius 3 is 2.68 bits per heavy atom. The third-order valence-corrected chi connectivity index (χ3v) is 3.98. The lowest BCUT2D eigenvalue weighted by Crippen LogP contribution is -2.45. The van der Waals surface area contributed by atoms with Gasteiger partial charge in [-0.1, -0.05) is 12.1 Å². The Morgan fingerprint density at radius 2 is 2.09 bits per heavy atom. The largest absolute Gasteiger partial charge is 0.481 e. The van der Waals surface area contributed by atoms with E-state index in [0.29, 0.717) is 31.6 Å². The Hall–Kier alpha value is -1.95. The van der Waals surface area contributed by atoms with Gasteiger partial charge in [-0.25, -0.2) is 4.39 Å². The van der Waals surface area contributed by atoms with Crippen molar-refractivity contribution in [2.75, 3.05) is 20.3 Å². The van der Waals surface area contributed by atoms with Crippen LogP contribution in [0.15, 0.2) is 24.3 Å². The Kier molecular flexibility index (Phi) is 5.49. The first-order valence-corrected chi connectivity index (χ1v) is 7.31. The molecule has 2 rings (SSSR count). The second-order valence-electron chi connectivity index (χ2n) is 5.41. The number of piperidine rings is 1. The number of nitrogens with zero attached hydrogens (tertiary/aromatic N) is 1. The lowest BCUT2D eigenvalue weighted by atomic mass is 9.84. The van der Waals surface area contributed by atoms with Crippen molar-refractivity contribution in [2.45, 2.75) is 25.3 Å². The van der Waals surface area contributed by atoms with E-state index < -0.39 is 17.9 Å². The minimum Gasteiger partial charge on any atom is -0.481 e. The van der Waals surface area contributed by atoms with Crippen LogP contribution in [0.1, 0.15) is 30.9 Å². The zero-order valence-electron chi connectivity index (χ0n) is 12.5. The number of aliphatic carboxylic acids is 1. The summed E-state index contributed by atoms with van der Waals surface area (Å²) in [5.74, 6) is -2.06. The molecule has 1 aliphatic heterocycles. The smallest absolute Gasteiger partial charge is 0.308 e. The molecular weight excluding hydrogens is 289 g/mol. The van der Waals surface area contributed by atoms with E-state index >= 15 is 0 Å². The predicted octanol–water partition coefficient (Wildman–Crippen LogP) is 2.23. The number of rotatable bonds is 6. The quantitative estimate of drug-likeness (QED) is 0.818. The van der Waals surface area contributed by atoms with Crippen molar-refractivity contribution in [3.8, 4) is 0 Å². The molecule has 1 N–H and O–H groups in total. The molecule has 0 aromatic heterocycles. The first-order valence-electron chi connectivity index (χ1n) is 7.31. The summed E-state index contributed by atoms with van der Waals surface area (Å²) >= 11 is 0. The Labute approximate surface area is 128 Å². The monoisotopic (exact) mass is 309 g/mol. The molecule has 0 radical (unpaired) electrons. The average Bonchev–Trinajstić information content (AvgIpc) is 2.49. The number of carbonyl (C=O) groups excluding carboxylic acids is 1. The van der Waals surface area contributed by atoms with Gasteiger partial charge < -0.3 is 14.7 Å². The second-order valence-corrected chi connectivity index (χ2v) is 5.41. The lowest BCUT2D eigenvalue weighted by Gasteiger charge is -2.40. The minimum absolute atomic E-state index is 0.0667. The highest BCUT2D eigenvalue weighted by Gasteiger charge is 2.40. The molecule has 0 saturated carbocycles. The van der Waals surface area contributed by atoms with Crippen LogP contribution in [0.3, 0.4) is 0 Å². The number of carbonyl (C=O) groups is 2. The van der Waals surface area contributed by atoms with Gasteiger partial charge in [0.15, 0.2) is 0 Å². The summed E-state index contributed by atoms with van der Waals surface area (Å²) in [6, 6.07) is 5.13. The first kappa shape index (κ1) is 16.4. The van der Waals surface area contributed by atoms with Crippen molar-refractivity contribution in [3.63, 3.8) is 0 Å². The van der Waals surface area contributed by atoms with Crippen LogP contribution in [-0.2, 0) is 14.3 Å². The fourth-order valence-electron chi connectivity index (χ4n) is 2.93. The third kappa shape index (κ3) is 3.62. The number of carboxylic acid groups (broad SMARTS) is 1. The van der Waals surface area contributed by atoms with Gasteiger partial charge in [0.25, 0.3) is 0 Å². The lowest BCUT2D eigenvalue weighted by molar-refractivity contribution is -0.152. The summed E-state index contributed by atoms with van der Waals surface area (Å²) in [5, 5.41) is 9.46. The van der Waals surface area contributed by atoms with Gasteiger partial charge in [-0.3, -0.25) is 9.59 Å². The molecule has 0 aliphatic carbocycles. The number of halogens is 1. The number of hydrogen-bond donors (Lipinski definition) is 1. The highest BCUT2D eigenvalue weighted by Crippen LogP contribution is 2.37. The molecule has 0 spiro atoms. The van der Waals surface area contributed by atoms with Crippen LogP contribution in [0.5, 0.6) is 0 Å². The van der Waals surface area contributed by atoms with E-state index in [-0.39, 0.29) is 18.1 Å². The summed E-state index contributed by atoms with van der Waals surface area (Å²) in [5.41, 5.74) is 0.652. The van der Waals surface area contributed by atoms with Crippen molar-refractivity contribution in [3.05, 3.63) is 35.6 Å². The molecule has 0 bridgehead atoms. The van der Waals surface area contributed by atoms with Gasteiger partial charge in [0, 0.05) is 26.7 Å². The molecule has 2 atom stereocenters. The number of benzene rings is 1. The standard InChI is InChI=1S/C16H20FNO4/c1-22-10-2-9-18-14(19)8-7-13(16(20)21)15(18)11-3-5-12(17)6-4-11/h3-6,13,15H,2,7-10H2,1H3,(H,20,21)/t13-,15-/m1/s1. The maximum absolute atomic E-state index is 13.1. The van der Waals surface area contributed by atoms with E-state index in [4.69, 9.17) is 4.74 Å². The van der Waals surface area contributed by atoms with Gasteiger partial charge in [0.05, 0.1) is 12.0 Å². The predicted molar refractivity (Wildman–Crippen MR) is 77.7 cm³/mol. The molecule has 1 aromatic rings. The number of methoxy groups -OCH3 is 1. The van der Waals surface area contributed by atoms with Gasteiger partial charge in [-0.15, -0.1) is 0 Å². The average molecular weight is 309 g/mol. The fourth-order valence-corrected chi connectivity index (χ4v) is 2.93. The Morgan fingerprint density at radius 1 is 1.41 bits per heavy atom. The molecule has 1 heterocycles. The van der Waals surface area contributed by atoms with E-state index in [1.54, 1.807) is 24.1 Å². The zero-order valence-corrected chi connectivity index (χ0v) is 12.5. The summed E-state index contributed by atoms with van der Waals surface area (Å²) in [4.78, 5) is 25.4. The van der Waals surface area contributed by atoms with Crippen LogP contribution in [0.2, 0.25) is 0 Å². The van der Waals surface area contributed by atoms with Gasteiger partial charge in [0.2, 0.25) is 5.91 Å². The van der Waals surface area contributed by atoms with Crippen LogP contribution in [0, 0.1) is 11.7 Å².